The molecule has 2 atom stereocenters. The maximum atomic E-state index is 3.45. The lowest BCUT2D eigenvalue weighted by Gasteiger charge is -2.28. The Balaban J connectivity index is 1.76. The second-order valence-corrected chi connectivity index (χ2v) is 6.39. The molecule has 1 nitrogen and oxygen atoms in total. The lowest BCUT2D eigenvalue weighted by atomic mass is 9.82. The van der Waals surface area contributed by atoms with E-state index in [1.165, 1.54) is 42.2 Å². The lowest BCUT2D eigenvalue weighted by Crippen LogP contribution is -2.31. The van der Waals surface area contributed by atoms with Gasteiger partial charge in [0.1, 0.15) is 0 Å². The van der Waals surface area contributed by atoms with Gasteiger partial charge in [-0.25, -0.2) is 0 Å². The Kier molecular flexibility index (Phi) is 3.67. The van der Waals surface area contributed by atoms with E-state index in [1.807, 2.05) is 11.3 Å². The molecule has 3 rings (SSSR count). The van der Waals surface area contributed by atoms with Crippen LogP contribution in [0, 0.1) is 5.92 Å². The summed E-state index contributed by atoms with van der Waals surface area (Å²) in [6.07, 6.45) is 6.76. The van der Waals surface area contributed by atoms with E-state index in [4.69, 9.17) is 0 Å². The van der Waals surface area contributed by atoms with Crippen molar-refractivity contribution >= 4 is 21.4 Å². The molecule has 0 amide bonds. The third-order valence-corrected chi connectivity index (χ3v) is 5.27. The Hall–Kier alpha value is -0.860. The predicted molar refractivity (Wildman–Crippen MR) is 80.3 cm³/mol. The monoisotopic (exact) mass is 259 g/mol. The van der Waals surface area contributed by atoms with Crippen LogP contribution in [0.1, 0.15) is 31.2 Å². The Bertz CT molecular complexity index is 517. The summed E-state index contributed by atoms with van der Waals surface area (Å²) >= 11 is 1.89. The van der Waals surface area contributed by atoms with Crippen LogP contribution in [0.25, 0.3) is 10.1 Å². The van der Waals surface area contributed by atoms with Crippen molar-refractivity contribution in [2.45, 2.75) is 38.1 Å². The first-order chi connectivity index (χ1) is 8.86. The summed E-state index contributed by atoms with van der Waals surface area (Å²) < 4.78 is 1.44. The van der Waals surface area contributed by atoms with E-state index >= 15 is 0 Å². The fraction of sp³-hybridized carbons (Fsp3) is 0.500. The first kappa shape index (κ1) is 12.2. The van der Waals surface area contributed by atoms with Crippen molar-refractivity contribution < 1.29 is 0 Å². The molecule has 1 fully saturated rings. The number of thiophene rings is 1. The van der Waals surface area contributed by atoms with Gasteiger partial charge in [0.15, 0.2) is 0 Å². The van der Waals surface area contributed by atoms with E-state index in [0.29, 0.717) is 0 Å². The highest BCUT2D eigenvalue weighted by molar-refractivity contribution is 7.17. The van der Waals surface area contributed by atoms with Crippen LogP contribution in [0.5, 0.6) is 0 Å². The molecule has 1 aliphatic carbocycles. The van der Waals surface area contributed by atoms with Crippen LogP contribution in [0.3, 0.4) is 0 Å². The summed E-state index contributed by atoms with van der Waals surface area (Å²) in [4.78, 5) is 0. The molecule has 1 aromatic carbocycles. The fourth-order valence-corrected chi connectivity index (χ4v) is 4.22. The van der Waals surface area contributed by atoms with Gasteiger partial charge in [-0.2, -0.15) is 0 Å². The zero-order valence-corrected chi connectivity index (χ0v) is 11.8. The molecular weight excluding hydrogens is 238 g/mol. The number of fused-ring (bicyclic) bond motifs is 1. The second-order valence-electron chi connectivity index (χ2n) is 5.48. The van der Waals surface area contributed by atoms with Gasteiger partial charge in [0.25, 0.3) is 0 Å². The van der Waals surface area contributed by atoms with E-state index in [1.54, 1.807) is 5.56 Å². The maximum Gasteiger partial charge on any atom is 0.0345 e. The summed E-state index contributed by atoms with van der Waals surface area (Å²) in [6.45, 7) is 0. The van der Waals surface area contributed by atoms with Gasteiger partial charge in [0.2, 0.25) is 0 Å². The second kappa shape index (κ2) is 5.41. The minimum Gasteiger partial charge on any atom is -0.317 e. The molecule has 0 spiro atoms. The molecule has 1 saturated carbocycles. The first-order valence-electron chi connectivity index (χ1n) is 6.99. The molecule has 2 heteroatoms. The lowest BCUT2D eigenvalue weighted by molar-refractivity contribution is 0.295. The van der Waals surface area contributed by atoms with Crippen LogP contribution < -0.4 is 5.32 Å². The predicted octanol–water partition coefficient (Wildman–Crippen LogP) is 4.22. The first-order valence-corrected chi connectivity index (χ1v) is 7.87. The Labute approximate surface area is 113 Å². The van der Waals surface area contributed by atoms with Crippen molar-refractivity contribution in [2.24, 2.45) is 5.92 Å². The molecular formula is C16H21NS. The number of hydrogen-bond donors (Lipinski definition) is 1. The summed E-state index contributed by atoms with van der Waals surface area (Å²) in [7, 11) is 2.10. The van der Waals surface area contributed by atoms with Crippen LogP contribution >= 0.6 is 11.3 Å². The van der Waals surface area contributed by atoms with E-state index in [-0.39, 0.29) is 0 Å². The van der Waals surface area contributed by atoms with Crippen molar-refractivity contribution in [1.29, 1.82) is 0 Å². The largest absolute Gasteiger partial charge is 0.317 e. The number of rotatable bonds is 3. The molecule has 0 aliphatic heterocycles. The van der Waals surface area contributed by atoms with Crippen molar-refractivity contribution in [3.8, 4) is 0 Å². The molecule has 1 aliphatic rings. The fourth-order valence-electron chi connectivity index (χ4n) is 3.24. The van der Waals surface area contributed by atoms with Crippen LogP contribution in [-0.2, 0) is 6.42 Å². The van der Waals surface area contributed by atoms with E-state index in [2.05, 4.69) is 42.0 Å². The highest BCUT2D eigenvalue weighted by Gasteiger charge is 2.21. The Morgan fingerprint density at radius 1 is 1.28 bits per heavy atom. The van der Waals surface area contributed by atoms with Gasteiger partial charge in [-0.3, -0.25) is 0 Å². The van der Waals surface area contributed by atoms with Gasteiger partial charge >= 0.3 is 0 Å². The molecule has 0 bridgehead atoms. The number of benzene rings is 1. The minimum atomic E-state index is 0.744. The van der Waals surface area contributed by atoms with Crippen molar-refractivity contribution in [3.63, 3.8) is 0 Å². The summed E-state index contributed by atoms with van der Waals surface area (Å²) in [5.74, 6) is 0.870. The minimum absolute atomic E-state index is 0.744. The van der Waals surface area contributed by atoms with E-state index < -0.39 is 0 Å². The molecule has 2 aromatic rings. The average Bonchev–Trinajstić information content (AvgIpc) is 2.83. The smallest absolute Gasteiger partial charge is 0.0345 e. The third kappa shape index (κ3) is 2.45. The maximum absolute atomic E-state index is 3.45. The normalized spacial score (nSPS) is 24.5. The topological polar surface area (TPSA) is 12.0 Å². The van der Waals surface area contributed by atoms with Gasteiger partial charge in [-0.15, -0.1) is 11.3 Å². The Morgan fingerprint density at radius 3 is 3.06 bits per heavy atom. The van der Waals surface area contributed by atoms with E-state index in [9.17, 15) is 0 Å². The molecule has 2 unspecified atom stereocenters. The van der Waals surface area contributed by atoms with Crippen LogP contribution in [0.2, 0.25) is 0 Å². The highest BCUT2D eigenvalue weighted by atomic mass is 32.1. The molecule has 1 N–H and O–H groups in total. The Morgan fingerprint density at radius 2 is 2.17 bits per heavy atom. The van der Waals surface area contributed by atoms with Crippen molar-refractivity contribution in [3.05, 3.63) is 35.2 Å². The van der Waals surface area contributed by atoms with Crippen LogP contribution in [-0.4, -0.2) is 13.1 Å². The molecule has 18 heavy (non-hydrogen) atoms. The summed E-state index contributed by atoms with van der Waals surface area (Å²) in [5.41, 5.74) is 1.57. The van der Waals surface area contributed by atoms with Crippen molar-refractivity contribution in [2.75, 3.05) is 7.05 Å². The van der Waals surface area contributed by atoms with Crippen molar-refractivity contribution in [1.82, 2.24) is 5.32 Å². The van der Waals surface area contributed by atoms with Crippen LogP contribution in [0.4, 0.5) is 0 Å². The number of hydrogen-bond acceptors (Lipinski definition) is 2. The van der Waals surface area contributed by atoms with Crippen LogP contribution in [0.15, 0.2) is 29.6 Å². The zero-order valence-electron chi connectivity index (χ0n) is 11.0. The molecule has 96 valence electrons. The SMILES string of the molecule is CNC1CCCC(Cc2csc3ccccc23)C1. The van der Waals surface area contributed by atoms with Gasteiger partial charge in [-0.1, -0.05) is 31.0 Å². The summed E-state index contributed by atoms with van der Waals surface area (Å²) in [6, 6.07) is 9.56. The quantitative estimate of drug-likeness (QED) is 0.870. The molecule has 0 saturated heterocycles. The zero-order chi connectivity index (χ0) is 12.4. The molecule has 0 radical (unpaired) electrons. The summed E-state index contributed by atoms with van der Waals surface area (Å²) in [5, 5.41) is 7.30. The average molecular weight is 259 g/mol. The molecule has 1 heterocycles. The van der Waals surface area contributed by atoms with Gasteiger partial charge < -0.3 is 5.32 Å². The van der Waals surface area contributed by atoms with Gasteiger partial charge in [0.05, 0.1) is 0 Å². The van der Waals surface area contributed by atoms with Gasteiger partial charge in [-0.05, 0) is 54.6 Å². The standard InChI is InChI=1S/C16H21NS/c1-17-14-6-4-5-12(10-14)9-13-11-18-16-8-3-2-7-15(13)16/h2-3,7-8,11-12,14,17H,4-6,9-10H2,1H3. The van der Waals surface area contributed by atoms with Gasteiger partial charge in [0, 0.05) is 10.7 Å². The molecule has 1 aromatic heterocycles. The highest BCUT2D eigenvalue weighted by Crippen LogP contribution is 2.32. The number of nitrogens with one attached hydrogen (secondary N) is 1. The van der Waals surface area contributed by atoms with E-state index in [0.717, 1.165) is 12.0 Å². The third-order valence-electron chi connectivity index (χ3n) is 4.26.